The number of nitrogens with one attached hydrogen (secondary N) is 1. The molecule has 2 aliphatic heterocycles. The number of carbonyl (C=O) groups is 1. The topological polar surface area (TPSA) is 48.5 Å². The van der Waals surface area contributed by atoms with E-state index in [1.165, 1.54) is 0 Å². The van der Waals surface area contributed by atoms with E-state index in [1.807, 2.05) is 24.4 Å². The summed E-state index contributed by atoms with van der Waals surface area (Å²) in [5, 5.41) is 2.02. The second-order valence-corrected chi connectivity index (χ2v) is 7.92. The van der Waals surface area contributed by atoms with E-state index in [2.05, 4.69) is 20.9 Å². The van der Waals surface area contributed by atoms with Crippen LogP contribution in [0.5, 0.6) is 0 Å². The fourth-order valence-corrected chi connectivity index (χ4v) is 4.22. The molecule has 3 rings (SSSR count). The minimum atomic E-state index is -4.35. The first-order chi connectivity index (χ1) is 13.3. The lowest BCUT2D eigenvalue weighted by atomic mass is 9.92. The standard InChI is InChI=1S/C20H29F3N4O/c1-15-3-2-4-17(25-15)13-26-9-7-18(8-10-26)27-11-5-16(6-12-27)19(28)24-14-20(21,22)23/h2-4,16,18H,5-14H2,1H3,(H,24,28). The van der Waals surface area contributed by atoms with E-state index in [9.17, 15) is 18.0 Å². The van der Waals surface area contributed by atoms with E-state index < -0.39 is 18.6 Å². The van der Waals surface area contributed by atoms with Gasteiger partial charge in [0.05, 0.1) is 5.69 Å². The maximum absolute atomic E-state index is 12.2. The molecule has 0 radical (unpaired) electrons. The van der Waals surface area contributed by atoms with Crippen molar-refractivity contribution in [2.24, 2.45) is 5.92 Å². The smallest absolute Gasteiger partial charge is 0.347 e. The molecule has 1 aromatic heterocycles. The largest absolute Gasteiger partial charge is 0.405 e. The number of aryl methyl sites for hydroxylation is 1. The molecule has 28 heavy (non-hydrogen) atoms. The lowest BCUT2D eigenvalue weighted by Crippen LogP contribution is -2.49. The van der Waals surface area contributed by atoms with E-state index in [0.717, 1.165) is 57.0 Å². The molecular formula is C20H29F3N4O. The minimum Gasteiger partial charge on any atom is -0.347 e. The summed E-state index contributed by atoms with van der Waals surface area (Å²) in [6.45, 7) is 5.25. The molecule has 2 fully saturated rings. The van der Waals surface area contributed by atoms with Gasteiger partial charge < -0.3 is 10.2 Å². The third-order valence-corrected chi connectivity index (χ3v) is 5.77. The van der Waals surface area contributed by atoms with Gasteiger partial charge in [0, 0.05) is 37.3 Å². The van der Waals surface area contributed by atoms with Gasteiger partial charge in [-0.25, -0.2) is 0 Å². The number of carbonyl (C=O) groups excluding carboxylic acids is 1. The maximum atomic E-state index is 12.2. The van der Waals surface area contributed by atoms with E-state index in [0.29, 0.717) is 18.9 Å². The Morgan fingerprint density at radius 3 is 2.43 bits per heavy atom. The van der Waals surface area contributed by atoms with Crippen molar-refractivity contribution in [1.82, 2.24) is 20.1 Å². The fraction of sp³-hybridized carbons (Fsp3) is 0.700. The summed E-state index contributed by atoms with van der Waals surface area (Å²) in [5.41, 5.74) is 2.14. The molecule has 0 saturated carbocycles. The predicted octanol–water partition coefficient (Wildman–Crippen LogP) is 2.74. The second-order valence-electron chi connectivity index (χ2n) is 7.92. The van der Waals surface area contributed by atoms with Gasteiger partial charge in [0.25, 0.3) is 0 Å². The highest BCUT2D eigenvalue weighted by atomic mass is 19.4. The van der Waals surface area contributed by atoms with Crippen LogP contribution in [0.1, 0.15) is 37.1 Å². The van der Waals surface area contributed by atoms with Crippen molar-refractivity contribution in [3.05, 3.63) is 29.6 Å². The van der Waals surface area contributed by atoms with Crippen LogP contribution in [-0.4, -0.2) is 65.6 Å². The number of likely N-dealkylation sites (tertiary alicyclic amines) is 2. The Morgan fingerprint density at radius 2 is 1.82 bits per heavy atom. The number of hydrogen-bond acceptors (Lipinski definition) is 4. The first-order valence-corrected chi connectivity index (χ1v) is 10.0. The minimum absolute atomic E-state index is 0.300. The molecule has 8 heteroatoms. The Bertz CT molecular complexity index is 651. The van der Waals surface area contributed by atoms with Crippen LogP contribution in [0.4, 0.5) is 13.2 Å². The molecule has 0 spiro atoms. The molecule has 1 N–H and O–H groups in total. The lowest BCUT2D eigenvalue weighted by molar-refractivity contribution is -0.141. The number of alkyl halides is 3. The number of hydrogen-bond donors (Lipinski definition) is 1. The summed E-state index contributed by atoms with van der Waals surface area (Å²) in [6.07, 6.45) is -0.917. The zero-order valence-electron chi connectivity index (χ0n) is 16.3. The Hall–Kier alpha value is -1.67. The normalized spacial score (nSPS) is 21.0. The van der Waals surface area contributed by atoms with Gasteiger partial charge >= 0.3 is 6.18 Å². The third-order valence-electron chi connectivity index (χ3n) is 5.77. The predicted molar refractivity (Wildman–Crippen MR) is 101 cm³/mol. The molecule has 0 aromatic carbocycles. The van der Waals surface area contributed by atoms with Crippen LogP contribution in [0.15, 0.2) is 18.2 Å². The van der Waals surface area contributed by atoms with Crippen LogP contribution in [0.25, 0.3) is 0 Å². The maximum Gasteiger partial charge on any atom is 0.405 e. The Kier molecular flexibility index (Phi) is 6.93. The van der Waals surface area contributed by atoms with Gasteiger partial charge in [0.15, 0.2) is 0 Å². The van der Waals surface area contributed by atoms with Crippen LogP contribution < -0.4 is 5.32 Å². The second kappa shape index (κ2) is 9.22. The number of aromatic nitrogens is 1. The Morgan fingerprint density at radius 1 is 1.14 bits per heavy atom. The van der Waals surface area contributed by atoms with E-state index >= 15 is 0 Å². The summed E-state index contributed by atoms with van der Waals surface area (Å²) in [7, 11) is 0. The SMILES string of the molecule is Cc1cccc(CN2CCC(N3CCC(C(=O)NCC(F)(F)F)CC3)CC2)n1. The highest BCUT2D eigenvalue weighted by Gasteiger charge is 2.33. The first-order valence-electron chi connectivity index (χ1n) is 10.0. The van der Waals surface area contributed by atoms with Gasteiger partial charge in [0.2, 0.25) is 5.91 Å². The van der Waals surface area contributed by atoms with Gasteiger partial charge in [-0.15, -0.1) is 0 Å². The van der Waals surface area contributed by atoms with Crippen molar-refractivity contribution in [3.8, 4) is 0 Å². The molecule has 156 valence electrons. The number of nitrogens with zero attached hydrogens (tertiary/aromatic N) is 3. The van der Waals surface area contributed by atoms with Gasteiger partial charge in [-0.05, 0) is 57.8 Å². The zero-order valence-corrected chi connectivity index (χ0v) is 16.3. The molecule has 5 nitrogen and oxygen atoms in total. The average Bonchev–Trinajstić information content (AvgIpc) is 2.66. The van der Waals surface area contributed by atoms with Crippen molar-refractivity contribution in [1.29, 1.82) is 0 Å². The molecule has 0 bridgehead atoms. The van der Waals surface area contributed by atoms with Crippen LogP contribution >= 0.6 is 0 Å². The Balaban J connectivity index is 1.38. The molecule has 2 saturated heterocycles. The van der Waals surface area contributed by atoms with Crippen molar-refractivity contribution in [3.63, 3.8) is 0 Å². The molecule has 0 unspecified atom stereocenters. The van der Waals surface area contributed by atoms with E-state index in [1.54, 1.807) is 0 Å². The highest BCUT2D eigenvalue weighted by molar-refractivity contribution is 5.78. The van der Waals surface area contributed by atoms with Gasteiger partial charge in [-0.3, -0.25) is 14.7 Å². The number of piperidine rings is 2. The molecule has 2 aliphatic rings. The molecule has 0 atom stereocenters. The van der Waals surface area contributed by atoms with Crippen molar-refractivity contribution < 1.29 is 18.0 Å². The first kappa shape index (κ1) is 21.0. The molecule has 1 aromatic rings. The Labute approximate surface area is 164 Å². The summed E-state index contributed by atoms with van der Waals surface area (Å²) < 4.78 is 36.7. The monoisotopic (exact) mass is 398 g/mol. The van der Waals surface area contributed by atoms with E-state index in [-0.39, 0.29) is 5.92 Å². The van der Waals surface area contributed by atoms with E-state index in [4.69, 9.17) is 0 Å². The number of halogens is 3. The van der Waals surface area contributed by atoms with Gasteiger partial charge in [-0.2, -0.15) is 13.2 Å². The summed E-state index contributed by atoms with van der Waals surface area (Å²) in [6, 6.07) is 6.61. The molecule has 1 amide bonds. The van der Waals surface area contributed by atoms with Crippen LogP contribution in [0.2, 0.25) is 0 Å². The quantitative estimate of drug-likeness (QED) is 0.829. The zero-order chi connectivity index (χ0) is 20.1. The van der Waals surface area contributed by atoms with Crippen LogP contribution in [0, 0.1) is 12.8 Å². The molecular weight excluding hydrogens is 369 g/mol. The van der Waals surface area contributed by atoms with Gasteiger partial charge in [0.1, 0.15) is 6.54 Å². The molecule has 3 heterocycles. The van der Waals surface area contributed by atoms with Crippen molar-refractivity contribution >= 4 is 5.91 Å². The number of amides is 1. The van der Waals surface area contributed by atoms with Crippen molar-refractivity contribution in [2.45, 2.75) is 51.4 Å². The summed E-state index contributed by atoms with van der Waals surface area (Å²) >= 11 is 0. The summed E-state index contributed by atoms with van der Waals surface area (Å²) in [4.78, 5) is 21.3. The highest BCUT2D eigenvalue weighted by Crippen LogP contribution is 2.25. The third kappa shape index (κ3) is 6.17. The van der Waals surface area contributed by atoms with Crippen LogP contribution in [0.3, 0.4) is 0 Å². The molecule has 0 aliphatic carbocycles. The van der Waals surface area contributed by atoms with Gasteiger partial charge in [-0.1, -0.05) is 6.07 Å². The number of rotatable bonds is 5. The lowest BCUT2D eigenvalue weighted by Gasteiger charge is -2.41. The average molecular weight is 398 g/mol. The summed E-state index contributed by atoms with van der Waals surface area (Å²) in [5.74, 6) is -0.761. The fourth-order valence-electron chi connectivity index (χ4n) is 4.22. The van der Waals surface area contributed by atoms with Crippen LogP contribution in [-0.2, 0) is 11.3 Å². The number of pyridine rings is 1. The van der Waals surface area contributed by atoms with Crippen molar-refractivity contribution in [2.75, 3.05) is 32.7 Å².